The Hall–Kier alpha value is -3.18. The lowest BCUT2D eigenvalue weighted by molar-refractivity contribution is -0.118. The molecule has 2 aromatic rings. The van der Waals surface area contributed by atoms with E-state index in [0.29, 0.717) is 12.1 Å². The molecule has 5 nitrogen and oxygen atoms in total. The number of hydrogen-bond acceptors (Lipinski definition) is 3. The fraction of sp³-hybridized carbons (Fsp3) is 0.250. The largest absolute Gasteiger partial charge is 0.376 e. The highest BCUT2D eigenvalue weighted by Crippen LogP contribution is 2.11. The second kappa shape index (κ2) is 10.4. The second-order valence-electron chi connectivity index (χ2n) is 7.02. The topological polar surface area (TPSA) is 67.4 Å². The number of carbonyl (C=O) groups excluding carboxylic acids is 2. The van der Waals surface area contributed by atoms with Crippen LogP contribution in [0.1, 0.15) is 34.3 Å². The summed E-state index contributed by atoms with van der Waals surface area (Å²) in [6.45, 7) is 3.12. The number of rotatable bonds is 7. The van der Waals surface area contributed by atoms with Crippen LogP contribution in [-0.2, 0) is 9.53 Å². The summed E-state index contributed by atoms with van der Waals surface area (Å²) in [5.41, 5.74) is 2.77. The molecule has 29 heavy (non-hydrogen) atoms. The predicted molar refractivity (Wildman–Crippen MR) is 114 cm³/mol. The van der Waals surface area contributed by atoms with Gasteiger partial charge >= 0.3 is 0 Å². The van der Waals surface area contributed by atoms with Crippen molar-refractivity contribution in [2.45, 2.75) is 25.9 Å². The molecular weight excluding hydrogens is 364 g/mol. The van der Waals surface area contributed by atoms with Gasteiger partial charge in [-0.25, -0.2) is 0 Å². The van der Waals surface area contributed by atoms with E-state index in [1.165, 1.54) is 0 Å². The van der Waals surface area contributed by atoms with Crippen molar-refractivity contribution in [1.82, 2.24) is 10.6 Å². The molecule has 1 unspecified atom stereocenters. The lowest BCUT2D eigenvalue weighted by Gasteiger charge is -2.13. The molecule has 2 amide bonds. The Labute approximate surface area is 171 Å². The Morgan fingerprint density at radius 2 is 1.86 bits per heavy atom. The molecule has 0 radical (unpaired) electrons. The third-order valence-electron chi connectivity index (χ3n) is 4.67. The molecule has 0 aliphatic carbocycles. The number of aryl methyl sites for hydroxylation is 1. The predicted octanol–water partition coefficient (Wildman–Crippen LogP) is 3.62. The van der Waals surface area contributed by atoms with Crippen molar-refractivity contribution in [2.24, 2.45) is 0 Å². The molecule has 3 rings (SSSR count). The summed E-state index contributed by atoms with van der Waals surface area (Å²) in [6.07, 6.45) is 7.23. The van der Waals surface area contributed by atoms with Crippen LogP contribution >= 0.6 is 0 Å². The first-order chi connectivity index (χ1) is 14.1. The first-order valence-electron chi connectivity index (χ1n) is 9.83. The molecule has 0 bridgehead atoms. The van der Waals surface area contributed by atoms with E-state index in [2.05, 4.69) is 10.6 Å². The Bertz CT molecular complexity index is 880. The van der Waals surface area contributed by atoms with E-state index in [1.807, 2.05) is 55.5 Å². The van der Waals surface area contributed by atoms with Gasteiger partial charge < -0.3 is 15.4 Å². The average molecular weight is 390 g/mol. The molecule has 0 saturated carbocycles. The number of amides is 2. The van der Waals surface area contributed by atoms with Gasteiger partial charge in [-0.2, -0.15) is 0 Å². The summed E-state index contributed by atoms with van der Waals surface area (Å²) in [7, 11) is 0. The fourth-order valence-electron chi connectivity index (χ4n) is 3.00. The molecule has 1 aliphatic heterocycles. The van der Waals surface area contributed by atoms with Crippen molar-refractivity contribution >= 4 is 17.9 Å². The van der Waals surface area contributed by atoms with E-state index in [4.69, 9.17) is 4.74 Å². The lowest BCUT2D eigenvalue weighted by Crippen LogP contribution is -2.38. The summed E-state index contributed by atoms with van der Waals surface area (Å²) in [5, 5.41) is 5.59. The average Bonchev–Trinajstić information content (AvgIpc) is 3.26. The zero-order valence-electron chi connectivity index (χ0n) is 16.6. The van der Waals surface area contributed by atoms with Crippen molar-refractivity contribution in [3.05, 3.63) is 89.1 Å². The van der Waals surface area contributed by atoms with Crippen LogP contribution in [0.3, 0.4) is 0 Å². The third kappa shape index (κ3) is 6.43. The van der Waals surface area contributed by atoms with E-state index in [1.54, 1.807) is 24.3 Å². The molecule has 2 aromatic carbocycles. The Morgan fingerprint density at radius 3 is 2.55 bits per heavy atom. The standard InChI is InChI=1S/C24H26N2O3/c1-18-12-14-20(15-13-18)23(27)26-22(11-5-9-19-7-3-2-4-8-19)24(28)25-17-21-10-6-16-29-21/h2-5,7-9,11-15,21H,6,10,16-17H2,1H3,(H,25,28)(H,26,27)/b9-5+,22-11+. The number of carbonyl (C=O) groups is 2. The minimum absolute atomic E-state index is 0.0351. The maximum atomic E-state index is 12.7. The molecule has 1 aliphatic rings. The van der Waals surface area contributed by atoms with Crippen LogP contribution in [0.4, 0.5) is 0 Å². The molecule has 1 atom stereocenters. The van der Waals surface area contributed by atoms with Crippen molar-refractivity contribution in [3.63, 3.8) is 0 Å². The quantitative estimate of drug-likeness (QED) is 0.561. The number of nitrogens with one attached hydrogen (secondary N) is 2. The van der Waals surface area contributed by atoms with E-state index in [-0.39, 0.29) is 23.6 Å². The van der Waals surface area contributed by atoms with Crippen molar-refractivity contribution in [2.75, 3.05) is 13.2 Å². The van der Waals surface area contributed by atoms with Crippen molar-refractivity contribution in [1.29, 1.82) is 0 Å². The molecule has 2 N–H and O–H groups in total. The van der Waals surface area contributed by atoms with Crippen LogP contribution in [0, 0.1) is 6.92 Å². The second-order valence-corrected chi connectivity index (χ2v) is 7.02. The van der Waals surface area contributed by atoms with Gasteiger partial charge in [-0.1, -0.05) is 60.2 Å². The smallest absolute Gasteiger partial charge is 0.267 e. The zero-order valence-corrected chi connectivity index (χ0v) is 16.6. The maximum absolute atomic E-state index is 12.7. The van der Waals surface area contributed by atoms with Crippen LogP contribution in [0.25, 0.3) is 6.08 Å². The molecule has 1 saturated heterocycles. The molecule has 1 heterocycles. The summed E-state index contributed by atoms with van der Waals surface area (Å²) >= 11 is 0. The highest BCUT2D eigenvalue weighted by molar-refractivity contribution is 6.03. The van der Waals surface area contributed by atoms with Crippen LogP contribution in [0.15, 0.2) is 72.4 Å². The van der Waals surface area contributed by atoms with Crippen LogP contribution in [-0.4, -0.2) is 31.1 Å². The third-order valence-corrected chi connectivity index (χ3v) is 4.67. The SMILES string of the molecule is Cc1ccc(C(=O)N/C(=C/C=C/c2ccccc2)C(=O)NCC2CCCO2)cc1. The monoisotopic (exact) mass is 390 g/mol. The van der Waals surface area contributed by atoms with Crippen LogP contribution in [0.2, 0.25) is 0 Å². The molecule has 0 aromatic heterocycles. The first kappa shape index (κ1) is 20.6. The van der Waals surface area contributed by atoms with Crippen LogP contribution in [0.5, 0.6) is 0 Å². The summed E-state index contributed by atoms with van der Waals surface area (Å²) in [4.78, 5) is 25.3. The van der Waals surface area contributed by atoms with Gasteiger partial charge in [-0.05, 0) is 43.5 Å². The molecule has 5 heteroatoms. The number of benzene rings is 2. The Morgan fingerprint density at radius 1 is 1.10 bits per heavy atom. The van der Waals surface area contributed by atoms with Gasteiger partial charge in [-0.15, -0.1) is 0 Å². The van der Waals surface area contributed by atoms with Gasteiger partial charge in [0.1, 0.15) is 5.70 Å². The summed E-state index contributed by atoms with van der Waals surface area (Å²) < 4.78 is 5.55. The molecule has 150 valence electrons. The van der Waals surface area contributed by atoms with Crippen LogP contribution < -0.4 is 10.6 Å². The Balaban J connectivity index is 1.71. The lowest BCUT2D eigenvalue weighted by atomic mass is 10.1. The maximum Gasteiger partial charge on any atom is 0.267 e. The normalized spacial score (nSPS) is 16.7. The minimum Gasteiger partial charge on any atom is -0.376 e. The molecule has 0 spiro atoms. The van der Waals surface area contributed by atoms with Gasteiger partial charge in [0.05, 0.1) is 6.10 Å². The highest BCUT2D eigenvalue weighted by atomic mass is 16.5. The van der Waals surface area contributed by atoms with Gasteiger partial charge in [-0.3, -0.25) is 9.59 Å². The molecule has 1 fully saturated rings. The van der Waals surface area contributed by atoms with Gasteiger partial charge in [0.25, 0.3) is 11.8 Å². The summed E-state index contributed by atoms with van der Waals surface area (Å²) in [5.74, 6) is -0.657. The summed E-state index contributed by atoms with van der Waals surface area (Å²) in [6, 6.07) is 17.0. The van der Waals surface area contributed by atoms with E-state index < -0.39 is 0 Å². The number of ether oxygens (including phenoxy) is 1. The molecular formula is C24H26N2O3. The van der Waals surface area contributed by atoms with Gasteiger partial charge in [0, 0.05) is 18.7 Å². The van der Waals surface area contributed by atoms with E-state index >= 15 is 0 Å². The zero-order chi connectivity index (χ0) is 20.5. The Kier molecular flexibility index (Phi) is 7.36. The van der Waals surface area contributed by atoms with E-state index in [9.17, 15) is 9.59 Å². The minimum atomic E-state index is -0.335. The van der Waals surface area contributed by atoms with Crippen molar-refractivity contribution < 1.29 is 14.3 Å². The van der Waals surface area contributed by atoms with Gasteiger partial charge in [0.15, 0.2) is 0 Å². The number of hydrogen-bond donors (Lipinski definition) is 2. The highest BCUT2D eigenvalue weighted by Gasteiger charge is 2.18. The van der Waals surface area contributed by atoms with E-state index in [0.717, 1.165) is 30.6 Å². The fourth-order valence-corrected chi connectivity index (χ4v) is 3.00. The van der Waals surface area contributed by atoms with Crippen molar-refractivity contribution in [3.8, 4) is 0 Å². The van der Waals surface area contributed by atoms with Gasteiger partial charge in [0.2, 0.25) is 0 Å². The number of allylic oxidation sites excluding steroid dienone is 2. The first-order valence-corrected chi connectivity index (χ1v) is 9.83.